The minimum absolute atomic E-state index is 0.219. The van der Waals surface area contributed by atoms with Gasteiger partial charge in [0.1, 0.15) is 5.82 Å². The quantitative estimate of drug-likeness (QED) is 0.644. The molecule has 2 heterocycles. The molecule has 0 saturated carbocycles. The van der Waals surface area contributed by atoms with Crippen LogP contribution in [0.3, 0.4) is 0 Å². The van der Waals surface area contributed by atoms with Gasteiger partial charge in [-0.05, 0) is 18.2 Å². The molecule has 2 aliphatic rings. The second-order valence-electron chi connectivity index (χ2n) is 4.86. The van der Waals surface area contributed by atoms with Gasteiger partial charge in [0, 0.05) is 43.6 Å². The highest BCUT2D eigenvalue weighted by Gasteiger charge is 2.26. The van der Waals surface area contributed by atoms with Gasteiger partial charge in [-0.1, -0.05) is 0 Å². The van der Waals surface area contributed by atoms with Crippen molar-refractivity contribution < 1.29 is 14.0 Å². The summed E-state index contributed by atoms with van der Waals surface area (Å²) >= 11 is 0. The monoisotopic (exact) mass is 275 g/mol. The number of nitrogens with zero attached hydrogens (tertiary/aromatic N) is 2. The van der Waals surface area contributed by atoms with E-state index >= 15 is 0 Å². The Bertz CT molecular complexity index is 592. The lowest BCUT2D eigenvalue weighted by Crippen LogP contribution is -2.43. The number of carbonyl (C=O) groups excluding carboxylic acids is 2. The molecule has 1 saturated heterocycles. The molecule has 20 heavy (non-hydrogen) atoms. The van der Waals surface area contributed by atoms with Crippen LogP contribution in [0, 0.1) is 5.82 Å². The lowest BCUT2D eigenvalue weighted by atomic mass is 10.1. The van der Waals surface area contributed by atoms with Crippen molar-refractivity contribution in [3.8, 4) is 0 Å². The van der Waals surface area contributed by atoms with Crippen molar-refractivity contribution in [1.82, 2.24) is 9.80 Å². The van der Waals surface area contributed by atoms with E-state index < -0.39 is 0 Å². The maximum Gasteiger partial charge on any atom is 0.257 e. The Balaban J connectivity index is 1.84. The highest BCUT2D eigenvalue weighted by molar-refractivity contribution is 6.31. The third kappa shape index (κ3) is 2.24. The van der Waals surface area contributed by atoms with Crippen molar-refractivity contribution >= 4 is 23.6 Å². The van der Waals surface area contributed by atoms with Crippen LogP contribution in [0.4, 0.5) is 10.1 Å². The summed E-state index contributed by atoms with van der Waals surface area (Å²) in [5, 5.41) is 2.72. The maximum atomic E-state index is 13.3. The zero-order chi connectivity index (χ0) is 14.1. The molecule has 5 nitrogen and oxygen atoms in total. The van der Waals surface area contributed by atoms with Crippen LogP contribution in [0.2, 0.25) is 0 Å². The third-order valence-corrected chi connectivity index (χ3v) is 3.57. The molecule has 0 bridgehead atoms. The number of nitrogens with one attached hydrogen (secondary N) is 1. The lowest BCUT2D eigenvalue weighted by Gasteiger charge is -2.31. The topological polar surface area (TPSA) is 52.7 Å². The summed E-state index contributed by atoms with van der Waals surface area (Å²) in [7, 11) is 0. The third-order valence-electron chi connectivity index (χ3n) is 3.57. The molecule has 0 aromatic heterocycles. The van der Waals surface area contributed by atoms with Crippen LogP contribution in [-0.4, -0.2) is 48.3 Å². The number of halogens is 1. The molecular weight excluding hydrogens is 261 g/mol. The summed E-state index contributed by atoms with van der Waals surface area (Å²) in [6.45, 7) is 2.59. The molecular formula is C14H14FN3O2. The largest absolute Gasteiger partial charge is 0.373 e. The lowest BCUT2D eigenvalue weighted by molar-refractivity contribution is -0.119. The Morgan fingerprint density at radius 2 is 1.85 bits per heavy atom. The second-order valence-corrected chi connectivity index (χ2v) is 4.86. The smallest absolute Gasteiger partial charge is 0.257 e. The van der Waals surface area contributed by atoms with Crippen LogP contribution >= 0.6 is 0 Å². The van der Waals surface area contributed by atoms with E-state index in [1.165, 1.54) is 12.1 Å². The summed E-state index contributed by atoms with van der Waals surface area (Å²) in [6, 6.07) is 4.25. The number of hydrogen-bond acceptors (Lipinski definition) is 3. The van der Waals surface area contributed by atoms with Crippen molar-refractivity contribution in [2.24, 2.45) is 0 Å². The van der Waals surface area contributed by atoms with E-state index in [1.54, 1.807) is 17.2 Å². The minimum Gasteiger partial charge on any atom is -0.373 e. The molecule has 1 N–H and O–H groups in total. The van der Waals surface area contributed by atoms with E-state index in [0.29, 0.717) is 43.0 Å². The predicted molar refractivity (Wildman–Crippen MR) is 72.2 cm³/mol. The summed E-state index contributed by atoms with van der Waals surface area (Å²) in [6.07, 6.45) is 2.58. The number of carbonyl (C=O) groups is 2. The van der Waals surface area contributed by atoms with Gasteiger partial charge in [-0.2, -0.15) is 0 Å². The summed E-state index contributed by atoms with van der Waals surface area (Å²) in [5.74, 6) is -0.583. The Hall–Kier alpha value is -2.37. The van der Waals surface area contributed by atoms with Crippen LogP contribution in [-0.2, 0) is 9.59 Å². The Morgan fingerprint density at radius 1 is 1.15 bits per heavy atom. The molecule has 2 amide bonds. The molecule has 6 heteroatoms. The van der Waals surface area contributed by atoms with Gasteiger partial charge in [-0.15, -0.1) is 0 Å². The minimum atomic E-state index is -0.364. The molecule has 2 aliphatic heterocycles. The van der Waals surface area contributed by atoms with Crippen LogP contribution in [0.25, 0.3) is 5.57 Å². The van der Waals surface area contributed by atoms with E-state index in [1.807, 2.05) is 4.90 Å². The number of amides is 2. The number of hydrogen-bond donors (Lipinski definition) is 1. The molecule has 0 aliphatic carbocycles. The van der Waals surface area contributed by atoms with Gasteiger partial charge < -0.3 is 15.1 Å². The average molecular weight is 275 g/mol. The van der Waals surface area contributed by atoms with Gasteiger partial charge in [0.2, 0.25) is 6.41 Å². The molecule has 1 aromatic rings. The van der Waals surface area contributed by atoms with Gasteiger partial charge in [0.25, 0.3) is 5.91 Å². The van der Waals surface area contributed by atoms with Gasteiger partial charge in [-0.25, -0.2) is 4.39 Å². The first-order valence-corrected chi connectivity index (χ1v) is 6.44. The number of piperazine rings is 1. The first kappa shape index (κ1) is 12.7. The average Bonchev–Trinajstić information content (AvgIpc) is 2.76. The first-order chi connectivity index (χ1) is 9.67. The summed E-state index contributed by atoms with van der Waals surface area (Å²) < 4.78 is 13.3. The zero-order valence-electron chi connectivity index (χ0n) is 10.8. The first-order valence-electron chi connectivity index (χ1n) is 6.44. The maximum absolute atomic E-state index is 13.3. The highest BCUT2D eigenvalue weighted by atomic mass is 19.1. The van der Waals surface area contributed by atoms with Crippen molar-refractivity contribution in [3.05, 3.63) is 35.8 Å². The van der Waals surface area contributed by atoms with Crippen LogP contribution in [0.1, 0.15) is 5.56 Å². The Kier molecular flexibility index (Phi) is 3.14. The predicted octanol–water partition coefficient (Wildman–Crippen LogP) is 0.893. The van der Waals surface area contributed by atoms with Crippen molar-refractivity contribution in [2.45, 2.75) is 0 Å². The fourth-order valence-corrected chi connectivity index (χ4v) is 2.44. The van der Waals surface area contributed by atoms with Crippen LogP contribution < -0.4 is 5.32 Å². The summed E-state index contributed by atoms with van der Waals surface area (Å²) in [4.78, 5) is 26.3. The fraction of sp³-hybridized carbons (Fsp3) is 0.286. The highest BCUT2D eigenvalue weighted by Crippen LogP contribution is 2.32. The van der Waals surface area contributed by atoms with E-state index in [2.05, 4.69) is 5.32 Å². The van der Waals surface area contributed by atoms with E-state index in [0.717, 1.165) is 6.41 Å². The van der Waals surface area contributed by atoms with E-state index in [-0.39, 0.29) is 11.7 Å². The molecule has 0 spiro atoms. The van der Waals surface area contributed by atoms with Gasteiger partial charge in [-0.3, -0.25) is 9.59 Å². The number of anilines is 1. The van der Waals surface area contributed by atoms with Crippen molar-refractivity contribution in [3.63, 3.8) is 0 Å². The molecule has 104 valence electrons. The molecule has 3 rings (SSSR count). The molecule has 0 atom stereocenters. The van der Waals surface area contributed by atoms with Crippen molar-refractivity contribution in [1.29, 1.82) is 0 Å². The Labute approximate surface area is 115 Å². The summed E-state index contributed by atoms with van der Waals surface area (Å²) in [5.41, 5.74) is 1.70. The Morgan fingerprint density at radius 3 is 2.55 bits per heavy atom. The normalized spacial score (nSPS) is 20.1. The number of fused-ring (bicyclic) bond motifs is 1. The van der Waals surface area contributed by atoms with Gasteiger partial charge >= 0.3 is 0 Å². The van der Waals surface area contributed by atoms with Crippen LogP contribution in [0.15, 0.2) is 24.4 Å². The fourth-order valence-electron chi connectivity index (χ4n) is 2.44. The number of rotatable bonds is 2. The van der Waals surface area contributed by atoms with E-state index in [9.17, 15) is 14.0 Å². The van der Waals surface area contributed by atoms with Crippen LogP contribution in [0.5, 0.6) is 0 Å². The molecule has 0 radical (unpaired) electrons. The van der Waals surface area contributed by atoms with Crippen molar-refractivity contribution in [2.75, 3.05) is 31.5 Å². The molecule has 1 aromatic carbocycles. The van der Waals surface area contributed by atoms with E-state index in [4.69, 9.17) is 0 Å². The standard InChI is InChI=1S/C14H14FN3O2/c15-10-1-2-13-11(7-10)12(14(20)16-13)8-17-3-5-18(9-19)6-4-17/h1-2,7-9H,3-6H2,(H,16,20)/b12-8+. The second kappa shape index (κ2) is 4.96. The molecule has 1 fully saturated rings. The number of benzene rings is 1. The molecule has 0 unspecified atom stereocenters. The van der Waals surface area contributed by atoms with Gasteiger partial charge in [0.05, 0.1) is 5.57 Å². The van der Waals surface area contributed by atoms with Gasteiger partial charge in [0.15, 0.2) is 0 Å². The SMILES string of the molecule is O=CN1CCN(/C=C2/C(=O)Nc3ccc(F)cc32)CC1. The zero-order valence-corrected chi connectivity index (χ0v) is 10.8.